The lowest BCUT2D eigenvalue weighted by molar-refractivity contribution is -0.220. The zero-order valence-electron chi connectivity index (χ0n) is 23.6. The van der Waals surface area contributed by atoms with E-state index in [9.17, 15) is 44.9 Å². The first-order valence-electron chi connectivity index (χ1n) is 14.5. The molecule has 0 radical (unpaired) electrons. The molecule has 7 N–H and O–H groups in total. The van der Waals surface area contributed by atoms with Crippen molar-refractivity contribution in [1.29, 1.82) is 0 Å². The van der Waals surface area contributed by atoms with Crippen LogP contribution in [0.15, 0.2) is 12.2 Å². The normalized spacial score (nSPS) is 27.5. The number of hydrogen-bond acceptors (Lipinski definition) is 11. The predicted molar refractivity (Wildman–Crippen MR) is 147 cm³/mol. The van der Waals surface area contributed by atoms with E-state index in [4.69, 9.17) is 4.74 Å². The van der Waals surface area contributed by atoms with Crippen LogP contribution in [0.3, 0.4) is 0 Å². The molecule has 1 saturated carbocycles. The SMILES string of the molecule is CCCCCCCC/C=C/CCCCCCCC(=O)OCC(O)COP(=O)(O)OC1C(O)C(O)C(O)C(O)C1O. The van der Waals surface area contributed by atoms with Gasteiger partial charge >= 0.3 is 13.8 Å². The number of carbonyl (C=O) groups excluding carboxylic acids is 1. The summed E-state index contributed by atoms with van der Waals surface area (Å²) in [6, 6.07) is 0. The Hall–Kier alpha value is -0.920. The molecule has 0 aromatic carbocycles. The summed E-state index contributed by atoms with van der Waals surface area (Å²) < 4.78 is 26.3. The third-order valence-corrected chi connectivity index (χ3v) is 7.82. The van der Waals surface area contributed by atoms with Crippen molar-refractivity contribution in [3.05, 3.63) is 12.2 Å². The van der Waals surface area contributed by atoms with Crippen LogP contribution in [0.5, 0.6) is 0 Å². The second-order valence-electron chi connectivity index (χ2n) is 10.5. The van der Waals surface area contributed by atoms with Crippen LogP contribution in [-0.4, -0.2) is 97.4 Å². The molecule has 0 saturated heterocycles. The van der Waals surface area contributed by atoms with Crippen LogP contribution in [0, 0.1) is 0 Å². The first-order valence-corrected chi connectivity index (χ1v) is 16.0. The Morgan fingerprint density at radius 1 is 0.750 bits per heavy atom. The van der Waals surface area contributed by atoms with Crippen LogP contribution in [-0.2, 0) is 23.1 Å². The molecule has 0 amide bonds. The Morgan fingerprint density at radius 2 is 1.23 bits per heavy atom. The topological polar surface area (TPSA) is 203 Å². The van der Waals surface area contributed by atoms with E-state index in [0.29, 0.717) is 6.42 Å². The van der Waals surface area contributed by atoms with Gasteiger partial charge in [-0.15, -0.1) is 0 Å². The first kappa shape index (κ1) is 37.1. The fraction of sp³-hybridized carbons (Fsp3) is 0.889. The number of phosphoric ester groups is 1. The van der Waals surface area contributed by atoms with Crippen LogP contribution in [0.4, 0.5) is 0 Å². The minimum Gasteiger partial charge on any atom is -0.463 e. The highest BCUT2D eigenvalue weighted by atomic mass is 31.2. The van der Waals surface area contributed by atoms with Crippen LogP contribution in [0.1, 0.15) is 96.8 Å². The molecular formula is C27H51O12P. The van der Waals surface area contributed by atoms with Gasteiger partial charge in [0.2, 0.25) is 0 Å². The zero-order chi connectivity index (χ0) is 30.0. The minimum absolute atomic E-state index is 0.182. The van der Waals surface area contributed by atoms with Crippen LogP contribution < -0.4 is 0 Å². The molecule has 0 bridgehead atoms. The average molecular weight is 599 g/mol. The maximum atomic E-state index is 12.1. The molecule has 6 atom stereocenters. The molecule has 236 valence electrons. The van der Waals surface area contributed by atoms with Gasteiger partial charge in [-0.25, -0.2) is 4.57 Å². The molecule has 1 aliphatic rings. The van der Waals surface area contributed by atoms with Gasteiger partial charge in [0, 0.05) is 6.42 Å². The molecule has 0 aromatic heterocycles. The fourth-order valence-corrected chi connectivity index (χ4v) is 5.31. The number of rotatable bonds is 22. The van der Waals surface area contributed by atoms with Gasteiger partial charge in [0.1, 0.15) is 49.3 Å². The molecule has 0 aliphatic heterocycles. The van der Waals surface area contributed by atoms with E-state index in [-0.39, 0.29) is 6.42 Å². The lowest BCUT2D eigenvalue weighted by Gasteiger charge is -2.41. The van der Waals surface area contributed by atoms with Gasteiger partial charge < -0.3 is 40.3 Å². The van der Waals surface area contributed by atoms with E-state index < -0.39 is 69.7 Å². The summed E-state index contributed by atoms with van der Waals surface area (Å²) in [5, 5.41) is 58.5. The fourth-order valence-electron chi connectivity index (χ4n) is 4.34. The maximum absolute atomic E-state index is 12.1. The van der Waals surface area contributed by atoms with Crippen molar-refractivity contribution in [1.82, 2.24) is 0 Å². The molecule has 1 rings (SSSR count). The van der Waals surface area contributed by atoms with Crippen molar-refractivity contribution in [2.24, 2.45) is 0 Å². The monoisotopic (exact) mass is 598 g/mol. The molecule has 1 fully saturated rings. The summed E-state index contributed by atoms with van der Waals surface area (Å²) in [6.07, 6.45) is 6.32. The number of allylic oxidation sites excluding steroid dienone is 2. The third-order valence-electron chi connectivity index (χ3n) is 6.84. The number of esters is 1. The Morgan fingerprint density at radius 3 is 1.77 bits per heavy atom. The van der Waals surface area contributed by atoms with E-state index in [1.807, 2.05) is 0 Å². The molecule has 40 heavy (non-hydrogen) atoms. The Labute approximate surface area is 237 Å². The molecule has 0 aromatic rings. The highest BCUT2D eigenvalue weighted by Crippen LogP contribution is 2.47. The van der Waals surface area contributed by atoms with Gasteiger partial charge in [0.15, 0.2) is 0 Å². The van der Waals surface area contributed by atoms with Gasteiger partial charge in [-0.1, -0.05) is 70.4 Å². The molecule has 0 spiro atoms. The largest absolute Gasteiger partial charge is 0.472 e. The number of unbranched alkanes of at least 4 members (excludes halogenated alkanes) is 11. The van der Waals surface area contributed by atoms with Gasteiger partial charge in [0.25, 0.3) is 0 Å². The molecule has 12 nitrogen and oxygen atoms in total. The quantitative estimate of drug-likeness (QED) is 0.0415. The minimum atomic E-state index is -4.98. The van der Waals surface area contributed by atoms with Crippen molar-refractivity contribution >= 4 is 13.8 Å². The number of ether oxygens (including phenoxy) is 1. The van der Waals surface area contributed by atoms with Crippen molar-refractivity contribution in [3.63, 3.8) is 0 Å². The summed E-state index contributed by atoms with van der Waals surface area (Å²) in [5.74, 6) is -0.518. The van der Waals surface area contributed by atoms with E-state index in [1.165, 1.54) is 38.5 Å². The number of carbonyl (C=O) groups is 1. The van der Waals surface area contributed by atoms with Crippen molar-refractivity contribution in [2.45, 2.75) is 140 Å². The van der Waals surface area contributed by atoms with Crippen LogP contribution in [0.2, 0.25) is 0 Å². The highest BCUT2D eigenvalue weighted by Gasteiger charge is 2.51. The molecule has 13 heteroatoms. The van der Waals surface area contributed by atoms with Gasteiger partial charge in [-0.3, -0.25) is 13.8 Å². The average Bonchev–Trinajstić information content (AvgIpc) is 2.93. The second kappa shape index (κ2) is 20.9. The molecular weight excluding hydrogens is 547 g/mol. The van der Waals surface area contributed by atoms with E-state index >= 15 is 0 Å². The first-order chi connectivity index (χ1) is 19.0. The van der Waals surface area contributed by atoms with Gasteiger partial charge in [-0.2, -0.15) is 0 Å². The Bertz CT molecular complexity index is 735. The number of phosphoric acid groups is 1. The standard InChI is InChI=1S/C27H51O12P/c1-2-3-4-5-6-7-8-9-10-11-12-13-14-15-16-17-21(29)37-18-20(28)19-38-40(35,36)39-27-25(33)23(31)22(30)24(32)26(27)34/h9-10,20,22-28,30-34H,2-8,11-19H2,1H3,(H,35,36)/b10-9+. The number of aliphatic hydroxyl groups excluding tert-OH is 6. The predicted octanol–water partition coefficient (Wildman–Crippen LogP) is 2.25. The van der Waals surface area contributed by atoms with Crippen LogP contribution >= 0.6 is 7.82 Å². The van der Waals surface area contributed by atoms with Gasteiger partial charge in [-0.05, 0) is 32.1 Å². The Balaban J connectivity index is 2.09. The number of hydrogen-bond donors (Lipinski definition) is 7. The highest BCUT2D eigenvalue weighted by molar-refractivity contribution is 7.47. The lowest BCUT2D eigenvalue weighted by Crippen LogP contribution is -2.64. The molecule has 1 aliphatic carbocycles. The van der Waals surface area contributed by atoms with E-state index in [0.717, 1.165) is 38.5 Å². The van der Waals surface area contributed by atoms with Gasteiger partial charge in [0.05, 0.1) is 6.61 Å². The van der Waals surface area contributed by atoms with E-state index in [1.54, 1.807) is 0 Å². The zero-order valence-corrected chi connectivity index (χ0v) is 24.5. The molecule has 0 heterocycles. The summed E-state index contributed by atoms with van der Waals surface area (Å²) in [6.45, 7) is 0.964. The van der Waals surface area contributed by atoms with E-state index in [2.05, 4.69) is 28.1 Å². The summed E-state index contributed by atoms with van der Waals surface area (Å²) in [7, 11) is -4.98. The van der Waals surface area contributed by atoms with Crippen molar-refractivity contribution in [3.8, 4) is 0 Å². The summed E-state index contributed by atoms with van der Waals surface area (Å²) >= 11 is 0. The number of aliphatic hydroxyl groups is 6. The van der Waals surface area contributed by atoms with Crippen molar-refractivity contribution in [2.75, 3.05) is 13.2 Å². The lowest BCUT2D eigenvalue weighted by atomic mass is 9.85. The molecule has 6 unspecified atom stereocenters. The van der Waals surface area contributed by atoms with Crippen molar-refractivity contribution < 1.29 is 58.7 Å². The summed E-state index contributed by atoms with van der Waals surface area (Å²) in [4.78, 5) is 21.7. The Kier molecular flexibility index (Phi) is 19.4. The second-order valence-corrected chi connectivity index (χ2v) is 11.9. The smallest absolute Gasteiger partial charge is 0.463 e. The summed E-state index contributed by atoms with van der Waals surface area (Å²) in [5.41, 5.74) is 0. The maximum Gasteiger partial charge on any atom is 0.472 e. The third kappa shape index (κ3) is 15.3. The van der Waals surface area contributed by atoms with Crippen LogP contribution in [0.25, 0.3) is 0 Å².